The van der Waals surface area contributed by atoms with Crippen LogP contribution in [0.3, 0.4) is 0 Å². The predicted octanol–water partition coefficient (Wildman–Crippen LogP) is 3.25. The Labute approximate surface area is 180 Å². The Balaban J connectivity index is 2.04. The molecule has 0 saturated carbocycles. The second-order valence-corrected chi connectivity index (χ2v) is 7.60. The van der Waals surface area contributed by atoms with E-state index in [4.69, 9.17) is 15.2 Å². The van der Waals surface area contributed by atoms with Crippen molar-refractivity contribution < 1.29 is 36.6 Å². The molecule has 7 nitrogen and oxygen atoms in total. The summed E-state index contributed by atoms with van der Waals surface area (Å²) in [6.45, 7) is 2.58. The van der Waals surface area contributed by atoms with Crippen LogP contribution in [0, 0.1) is 17.6 Å². The van der Waals surface area contributed by atoms with Gasteiger partial charge in [-0.2, -0.15) is 4.39 Å². The lowest BCUT2D eigenvalue weighted by Gasteiger charge is -2.28. The zero-order chi connectivity index (χ0) is 23.8. The molecule has 172 valence electrons. The fourth-order valence-electron chi connectivity index (χ4n) is 3.85. The molecule has 1 aromatic carbocycles. The largest absolute Gasteiger partial charge is 0.493 e. The van der Waals surface area contributed by atoms with Gasteiger partial charge in [0.15, 0.2) is 11.6 Å². The third kappa shape index (κ3) is 3.99. The quantitative estimate of drug-likeness (QED) is 0.651. The lowest BCUT2D eigenvalue weighted by atomic mass is 9.77. The summed E-state index contributed by atoms with van der Waals surface area (Å²) in [5, 5.41) is 2.47. The van der Waals surface area contributed by atoms with E-state index in [1.807, 2.05) is 0 Å². The molecule has 32 heavy (non-hydrogen) atoms. The maximum absolute atomic E-state index is 14.3. The van der Waals surface area contributed by atoms with E-state index in [-0.39, 0.29) is 16.9 Å². The van der Waals surface area contributed by atoms with Crippen LogP contribution in [0.2, 0.25) is 0 Å². The van der Waals surface area contributed by atoms with E-state index in [0.29, 0.717) is 0 Å². The van der Waals surface area contributed by atoms with Crippen LogP contribution in [-0.4, -0.2) is 42.0 Å². The molecule has 1 aromatic heterocycles. The molecule has 0 bridgehead atoms. The molecule has 0 aliphatic carbocycles. The molecule has 4 atom stereocenters. The zero-order valence-electron chi connectivity index (χ0n) is 17.4. The molecule has 1 aliphatic rings. The van der Waals surface area contributed by atoms with Crippen LogP contribution in [0.5, 0.6) is 5.75 Å². The third-order valence-electron chi connectivity index (χ3n) is 5.77. The normalized spacial score (nSPS) is 25.1. The first-order valence-corrected chi connectivity index (χ1v) is 9.55. The van der Waals surface area contributed by atoms with E-state index in [1.165, 1.54) is 31.3 Å². The van der Waals surface area contributed by atoms with Crippen molar-refractivity contribution >= 4 is 17.5 Å². The highest BCUT2D eigenvalue weighted by molar-refractivity contribution is 5.97. The number of nitrogens with zero attached hydrogens (tertiary/aromatic N) is 1. The number of hydrogen-bond donors (Lipinski definition) is 2. The Morgan fingerprint density at radius 1 is 1.28 bits per heavy atom. The number of benzene rings is 1. The molecule has 11 heteroatoms. The number of alkyl halides is 2. The van der Waals surface area contributed by atoms with Crippen LogP contribution in [0.1, 0.15) is 35.8 Å². The first-order chi connectivity index (χ1) is 15.0. The van der Waals surface area contributed by atoms with Gasteiger partial charge >= 0.3 is 0 Å². The maximum atomic E-state index is 14.3. The van der Waals surface area contributed by atoms with Gasteiger partial charge in [-0.1, -0.05) is 13.0 Å². The monoisotopic (exact) mass is 455 g/mol. The lowest BCUT2D eigenvalue weighted by Crippen LogP contribution is -2.40. The van der Waals surface area contributed by atoms with Crippen LogP contribution in [-0.2, 0) is 9.53 Å². The van der Waals surface area contributed by atoms with Crippen LogP contribution in [0.4, 0.5) is 23.2 Å². The topological polar surface area (TPSA) is 104 Å². The number of primary amides is 1. The number of aromatic nitrogens is 1. The zero-order valence-corrected chi connectivity index (χ0v) is 17.4. The number of carbonyl (C=O) groups excluding carboxylic acids is 2. The number of ether oxygens (including phenoxy) is 2. The van der Waals surface area contributed by atoms with E-state index in [0.717, 1.165) is 20.1 Å². The second kappa shape index (κ2) is 8.73. The average Bonchev–Trinajstić information content (AvgIpc) is 3.02. The highest BCUT2D eigenvalue weighted by Gasteiger charge is 2.58. The van der Waals surface area contributed by atoms with E-state index < -0.39 is 59.2 Å². The molecule has 0 spiro atoms. The molecule has 1 fully saturated rings. The Morgan fingerprint density at radius 3 is 2.56 bits per heavy atom. The summed E-state index contributed by atoms with van der Waals surface area (Å²) in [6, 6.07) is 4.58. The Hall–Kier alpha value is -3.21. The first-order valence-electron chi connectivity index (χ1n) is 9.55. The van der Waals surface area contributed by atoms with Crippen LogP contribution in [0.25, 0.3) is 0 Å². The average molecular weight is 455 g/mol. The molecule has 0 unspecified atom stereocenters. The van der Waals surface area contributed by atoms with Crippen LogP contribution >= 0.6 is 0 Å². The summed E-state index contributed by atoms with van der Waals surface area (Å²) in [5.74, 6) is -6.75. The predicted molar refractivity (Wildman–Crippen MR) is 105 cm³/mol. The number of anilines is 1. The van der Waals surface area contributed by atoms with Gasteiger partial charge < -0.3 is 20.5 Å². The number of pyridine rings is 1. The van der Waals surface area contributed by atoms with Gasteiger partial charge in [-0.05, 0) is 25.1 Å². The standard InChI is InChI=1S/C21H21F4N3O4/c1-9-14(11-4-5-12(22)15(23)16(11)31-3)17(32-21(9,2)20(24)25)19(30)28-10-6-7-27-13(8-10)18(26)29/h4-9,14,17,20H,1-3H3,(H2,26,29)(H,27,28,30)/t9-,14+,17+,21+/m1/s1. The van der Waals surface area contributed by atoms with E-state index in [9.17, 15) is 27.2 Å². The number of amides is 2. The van der Waals surface area contributed by atoms with Crippen LogP contribution in [0.15, 0.2) is 30.5 Å². The molecule has 2 heterocycles. The number of halogens is 4. The van der Waals surface area contributed by atoms with Crippen molar-refractivity contribution in [3.63, 3.8) is 0 Å². The van der Waals surface area contributed by atoms with Gasteiger partial charge in [0.05, 0.1) is 7.11 Å². The minimum absolute atomic E-state index is 0.0102. The summed E-state index contributed by atoms with van der Waals surface area (Å²) in [4.78, 5) is 28.1. The molecule has 2 aromatic rings. The van der Waals surface area contributed by atoms with E-state index in [1.54, 1.807) is 0 Å². The molecular weight excluding hydrogens is 434 g/mol. The van der Waals surface area contributed by atoms with Crippen molar-refractivity contribution in [3.05, 3.63) is 53.4 Å². The maximum Gasteiger partial charge on any atom is 0.267 e. The number of hydrogen-bond acceptors (Lipinski definition) is 5. The van der Waals surface area contributed by atoms with Crippen molar-refractivity contribution in [3.8, 4) is 5.75 Å². The summed E-state index contributed by atoms with van der Waals surface area (Å²) in [6.07, 6.45) is -3.25. The molecule has 0 radical (unpaired) electrons. The Bertz CT molecular complexity index is 1050. The van der Waals surface area contributed by atoms with Crippen LogP contribution < -0.4 is 15.8 Å². The van der Waals surface area contributed by atoms with Gasteiger partial charge in [-0.15, -0.1) is 0 Å². The fourth-order valence-corrected chi connectivity index (χ4v) is 3.85. The van der Waals surface area contributed by atoms with E-state index in [2.05, 4.69) is 10.3 Å². The number of methoxy groups -OCH3 is 1. The Kier molecular flexibility index (Phi) is 6.40. The first kappa shape index (κ1) is 23.5. The minimum Gasteiger partial charge on any atom is -0.493 e. The molecule has 3 N–H and O–H groups in total. The number of nitrogens with two attached hydrogens (primary N) is 1. The number of nitrogens with one attached hydrogen (secondary N) is 1. The lowest BCUT2D eigenvalue weighted by molar-refractivity contribution is -0.151. The summed E-state index contributed by atoms with van der Waals surface area (Å²) < 4.78 is 66.4. The van der Waals surface area contributed by atoms with Gasteiger partial charge in [0.1, 0.15) is 17.4 Å². The summed E-state index contributed by atoms with van der Waals surface area (Å²) >= 11 is 0. The summed E-state index contributed by atoms with van der Waals surface area (Å²) in [7, 11) is 1.10. The van der Waals surface area contributed by atoms with Crippen molar-refractivity contribution in [1.82, 2.24) is 4.98 Å². The summed E-state index contributed by atoms with van der Waals surface area (Å²) in [5.41, 5.74) is 3.13. The highest BCUT2D eigenvalue weighted by atomic mass is 19.3. The SMILES string of the molecule is COc1c([C@H]2[C@@H](C(=O)Nc3ccnc(C(N)=O)c3)O[C@](C)(C(F)F)[C@@H]2C)ccc(F)c1F. The second-order valence-electron chi connectivity index (χ2n) is 7.60. The molecule has 2 amide bonds. The fraction of sp³-hybridized carbons (Fsp3) is 0.381. The van der Waals surface area contributed by atoms with Crippen molar-refractivity contribution in [2.45, 2.75) is 37.9 Å². The Morgan fingerprint density at radius 2 is 1.97 bits per heavy atom. The van der Waals surface area contributed by atoms with Gasteiger partial charge in [-0.3, -0.25) is 14.6 Å². The number of rotatable bonds is 6. The smallest absolute Gasteiger partial charge is 0.267 e. The number of carbonyl (C=O) groups is 2. The van der Waals surface area contributed by atoms with Gasteiger partial charge in [0, 0.05) is 29.3 Å². The van der Waals surface area contributed by atoms with Gasteiger partial charge in [0.25, 0.3) is 18.2 Å². The molecule has 1 saturated heterocycles. The highest BCUT2D eigenvalue weighted by Crippen LogP contribution is 2.51. The van der Waals surface area contributed by atoms with Gasteiger partial charge in [-0.25, -0.2) is 13.2 Å². The van der Waals surface area contributed by atoms with Crippen molar-refractivity contribution in [2.75, 3.05) is 12.4 Å². The minimum atomic E-state index is -2.98. The third-order valence-corrected chi connectivity index (χ3v) is 5.77. The molecule has 3 rings (SSSR count). The van der Waals surface area contributed by atoms with Gasteiger partial charge in [0.2, 0.25) is 5.82 Å². The van der Waals surface area contributed by atoms with Crippen molar-refractivity contribution in [2.24, 2.45) is 11.7 Å². The van der Waals surface area contributed by atoms with E-state index >= 15 is 0 Å². The molecular formula is C21H21F4N3O4. The molecule has 1 aliphatic heterocycles. The van der Waals surface area contributed by atoms with Crippen molar-refractivity contribution in [1.29, 1.82) is 0 Å².